The molecule has 0 spiro atoms. The third kappa shape index (κ3) is 4.75. The molecule has 0 aliphatic carbocycles. The first-order chi connectivity index (χ1) is 8.67. The second-order valence-electron chi connectivity index (χ2n) is 3.97. The van der Waals surface area contributed by atoms with Crippen LogP contribution in [-0.2, 0) is 16.0 Å². The van der Waals surface area contributed by atoms with Gasteiger partial charge in [-0.3, -0.25) is 4.79 Å². The summed E-state index contributed by atoms with van der Waals surface area (Å²) in [6.07, 6.45) is 1.35. The van der Waals surface area contributed by atoms with Crippen LogP contribution in [0.5, 0.6) is 5.75 Å². The molecule has 4 heteroatoms. The van der Waals surface area contributed by atoms with E-state index in [1.165, 1.54) is 0 Å². The molecule has 0 saturated heterocycles. The van der Waals surface area contributed by atoms with Crippen LogP contribution in [0.1, 0.15) is 25.8 Å². The maximum Gasteiger partial charge on any atom is 0.322 e. The molecule has 0 bridgehead atoms. The Morgan fingerprint density at radius 1 is 1.22 bits per heavy atom. The molecule has 0 aliphatic heterocycles. The molecule has 0 saturated carbocycles. The fourth-order valence-electron chi connectivity index (χ4n) is 1.61. The van der Waals surface area contributed by atoms with Crippen molar-refractivity contribution in [2.45, 2.75) is 32.7 Å². The van der Waals surface area contributed by atoms with E-state index in [2.05, 4.69) is 0 Å². The summed E-state index contributed by atoms with van der Waals surface area (Å²) in [5.41, 5.74) is 6.87. The van der Waals surface area contributed by atoms with Crippen LogP contribution in [-0.4, -0.2) is 25.2 Å². The normalized spacial score (nSPS) is 11.9. The summed E-state index contributed by atoms with van der Waals surface area (Å²) in [5, 5.41) is 0. The highest BCUT2D eigenvalue weighted by atomic mass is 16.5. The summed E-state index contributed by atoms with van der Waals surface area (Å²) in [5.74, 6) is 0.527. The van der Waals surface area contributed by atoms with E-state index in [0.717, 1.165) is 17.7 Å². The molecule has 0 aliphatic rings. The number of hydrogen-bond donors (Lipinski definition) is 1. The quantitative estimate of drug-likeness (QED) is 0.752. The van der Waals surface area contributed by atoms with Gasteiger partial charge in [0.25, 0.3) is 0 Å². The fourth-order valence-corrected chi connectivity index (χ4v) is 1.61. The first-order valence-electron chi connectivity index (χ1n) is 6.31. The number of esters is 1. The largest absolute Gasteiger partial charge is 0.494 e. The van der Waals surface area contributed by atoms with Crippen molar-refractivity contribution in [3.63, 3.8) is 0 Å². The van der Waals surface area contributed by atoms with Crippen LogP contribution in [0.15, 0.2) is 24.3 Å². The molecule has 4 nitrogen and oxygen atoms in total. The van der Waals surface area contributed by atoms with Crippen LogP contribution in [0.2, 0.25) is 0 Å². The molecule has 0 amide bonds. The molecule has 0 fully saturated rings. The molecule has 0 heterocycles. The summed E-state index contributed by atoms with van der Waals surface area (Å²) in [6, 6.07) is 7.28. The molecule has 100 valence electrons. The van der Waals surface area contributed by atoms with E-state index in [1.54, 1.807) is 6.92 Å². The standard InChI is InChI=1S/C14H21NO3/c1-3-17-12-8-5-11(6-9-12)7-10-13(15)14(16)18-4-2/h5-6,8-9,13H,3-4,7,10,15H2,1-2H3/t13-/m0/s1. The summed E-state index contributed by atoms with van der Waals surface area (Å²) in [6.45, 7) is 4.76. The highest BCUT2D eigenvalue weighted by molar-refractivity contribution is 5.75. The number of hydrogen-bond acceptors (Lipinski definition) is 4. The van der Waals surface area contributed by atoms with Crippen molar-refractivity contribution in [2.24, 2.45) is 5.73 Å². The van der Waals surface area contributed by atoms with Gasteiger partial charge in [0.1, 0.15) is 11.8 Å². The average molecular weight is 251 g/mol. The van der Waals surface area contributed by atoms with Crippen molar-refractivity contribution in [2.75, 3.05) is 13.2 Å². The average Bonchev–Trinajstić information content (AvgIpc) is 2.38. The monoisotopic (exact) mass is 251 g/mol. The number of ether oxygens (including phenoxy) is 2. The van der Waals surface area contributed by atoms with Gasteiger partial charge in [-0.25, -0.2) is 0 Å². The van der Waals surface area contributed by atoms with E-state index in [4.69, 9.17) is 15.2 Å². The molecule has 2 N–H and O–H groups in total. The Morgan fingerprint density at radius 3 is 2.44 bits per heavy atom. The van der Waals surface area contributed by atoms with Crippen molar-refractivity contribution in [1.82, 2.24) is 0 Å². The lowest BCUT2D eigenvalue weighted by Gasteiger charge is -2.10. The van der Waals surface area contributed by atoms with Crippen LogP contribution in [0.25, 0.3) is 0 Å². The van der Waals surface area contributed by atoms with Crippen LogP contribution in [0.4, 0.5) is 0 Å². The zero-order chi connectivity index (χ0) is 13.4. The van der Waals surface area contributed by atoms with Crippen molar-refractivity contribution in [1.29, 1.82) is 0 Å². The zero-order valence-corrected chi connectivity index (χ0v) is 11.0. The molecule has 1 atom stereocenters. The number of aryl methyl sites for hydroxylation is 1. The Morgan fingerprint density at radius 2 is 1.89 bits per heavy atom. The maximum atomic E-state index is 11.3. The van der Waals surface area contributed by atoms with Gasteiger partial charge < -0.3 is 15.2 Å². The predicted molar refractivity (Wildman–Crippen MR) is 70.5 cm³/mol. The summed E-state index contributed by atoms with van der Waals surface area (Å²) >= 11 is 0. The minimum absolute atomic E-state index is 0.330. The summed E-state index contributed by atoms with van der Waals surface area (Å²) < 4.78 is 10.2. The van der Waals surface area contributed by atoms with Crippen LogP contribution in [0, 0.1) is 0 Å². The van der Waals surface area contributed by atoms with Crippen molar-refractivity contribution >= 4 is 5.97 Å². The van der Waals surface area contributed by atoms with Gasteiger partial charge in [-0.05, 0) is 44.4 Å². The fraction of sp³-hybridized carbons (Fsp3) is 0.500. The Bertz CT molecular complexity index is 362. The topological polar surface area (TPSA) is 61.5 Å². The van der Waals surface area contributed by atoms with Crippen LogP contribution in [0.3, 0.4) is 0 Å². The first kappa shape index (κ1) is 14.5. The second kappa shape index (κ2) is 7.71. The second-order valence-corrected chi connectivity index (χ2v) is 3.97. The molecule has 0 aromatic heterocycles. The third-order valence-corrected chi connectivity index (χ3v) is 2.57. The van der Waals surface area contributed by atoms with E-state index >= 15 is 0 Å². The highest BCUT2D eigenvalue weighted by Crippen LogP contribution is 2.13. The summed E-state index contributed by atoms with van der Waals surface area (Å²) in [4.78, 5) is 11.3. The molecule has 1 rings (SSSR count). The van der Waals surface area contributed by atoms with Gasteiger partial charge in [0.05, 0.1) is 13.2 Å². The van der Waals surface area contributed by atoms with E-state index in [-0.39, 0.29) is 5.97 Å². The van der Waals surface area contributed by atoms with Crippen molar-refractivity contribution in [3.05, 3.63) is 29.8 Å². The molecule has 18 heavy (non-hydrogen) atoms. The Labute approximate surface area is 108 Å². The Balaban J connectivity index is 2.41. The number of rotatable bonds is 7. The minimum atomic E-state index is -0.545. The molecular formula is C14H21NO3. The molecule has 0 unspecified atom stereocenters. The van der Waals surface area contributed by atoms with Crippen LogP contribution >= 0.6 is 0 Å². The van der Waals surface area contributed by atoms with Crippen LogP contribution < -0.4 is 10.5 Å². The molecule has 0 radical (unpaired) electrons. The molecule has 1 aromatic carbocycles. The Kier molecular flexibility index (Phi) is 6.22. The van der Waals surface area contributed by atoms with E-state index in [1.807, 2.05) is 31.2 Å². The van der Waals surface area contributed by atoms with E-state index in [0.29, 0.717) is 19.6 Å². The SMILES string of the molecule is CCOC(=O)[C@@H](N)CCc1ccc(OCC)cc1. The lowest BCUT2D eigenvalue weighted by atomic mass is 10.1. The summed E-state index contributed by atoms with van der Waals surface area (Å²) in [7, 11) is 0. The lowest BCUT2D eigenvalue weighted by Crippen LogP contribution is -2.32. The van der Waals surface area contributed by atoms with Gasteiger partial charge in [-0.15, -0.1) is 0 Å². The maximum absolute atomic E-state index is 11.3. The Hall–Kier alpha value is -1.55. The van der Waals surface area contributed by atoms with Gasteiger partial charge in [0.15, 0.2) is 0 Å². The van der Waals surface area contributed by atoms with Crippen molar-refractivity contribution < 1.29 is 14.3 Å². The van der Waals surface area contributed by atoms with E-state index in [9.17, 15) is 4.79 Å². The third-order valence-electron chi connectivity index (χ3n) is 2.57. The predicted octanol–water partition coefficient (Wildman–Crippen LogP) is 1.91. The first-order valence-corrected chi connectivity index (χ1v) is 6.31. The number of nitrogens with two attached hydrogens (primary N) is 1. The van der Waals surface area contributed by atoms with Gasteiger partial charge >= 0.3 is 5.97 Å². The molecular weight excluding hydrogens is 230 g/mol. The highest BCUT2D eigenvalue weighted by Gasteiger charge is 2.13. The van der Waals surface area contributed by atoms with Crippen molar-refractivity contribution in [3.8, 4) is 5.75 Å². The number of carbonyl (C=O) groups is 1. The van der Waals surface area contributed by atoms with Gasteiger partial charge in [0.2, 0.25) is 0 Å². The van der Waals surface area contributed by atoms with Gasteiger partial charge in [-0.1, -0.05) is 12.1 Å². The number of benzene rings is 1. The lowest BCUT2D eigenvalue weighted by molar-refractivity contribution is -0.144. The van der Waals surface area contributed by atoms with E-state index < -0.39 is 6.04 Å². The zero-order valence-electron chi connectivity index (χ0n) is 11.0. The van der Waals surface area contributed by atoms with Gasteiger partial charge in [0, 0.05) is 0 Å². The number of carbonyl (C=O) groups excluding carboxylic acids is 1. The molecule has 1 aromatic rings. The van der Waals surface area contributed by atoms with Gasteiger partial charge in [-0.2, -0.15) is 0 Å². The minimum Gasteiger partial charge on any atom is -0.494 e. The smallest absolute Gasteiger partial charge is 0.322 e.